The van der Waals surface area contributed by atoms with Crippen LogP contribution < -0.4 is 14.9 Å². The molecule has 2 N–H and O–H groups in total. The summed E-state index contributed by atoms with van der Waals surface area (Å²) in [5.41, 5.74) is 4.00. The Morgan fingerprint density at radius 3 is 2.29 bits per heavy atom. The minimum atomic E-state index is -1.34. The van der Waals surface area contributed by atoms with E-state index in [2.05, 4.69) is 12.0 Å². The van der Waals surface area contributed by atoms with Gasteiger partial charge < -0.3 is 14.6 Å². The maximum absolute atomic E-state index is 14.5. The van der Waals surface area contributed by atoms with Gasteiger partial charge in [0, 0.05) is 10.9 Å². The smallest absolute Gasteiger partial charge is 0.260 e. The molecule has 0 radical (unpaired) electrons. The van der Waals surface area contributed by atoms with Gasteiger partial charge in [0.2, 0.25) is 5.75 Å². The van der Waals surface area contributed by atoms with Crippen LogP contribution in [0.15, 0.2) is 91.0 Å². The molecular weight excluding hydrogens is 547 g/mol. The molecule has 1 aliphatic heterocycles. The van der Waals surface area contributed by atoms with E-state index >= 15 is 0 Å². The first-order chi connectivity index (χ1) is 19.7. The van der Waals surface area contributed by atoms with Crippen LogP contribution in [-0.2, 0) is 15.0 Å². The van der Waals surface area contributed by atoms with Crippen LogP contribution in [0.1, 0.15) is 17.5 Å². The minimum absolute atomic E-state index is 0.131. The number of benzene rings is 3. The third-order valence-corrected chi connectivity index (χ3v) is 7.94. The quantitative estimate of drug-likeness (QED) is 0.307. The topological polar surface area (TPSA) is 88.1 Å². The predicted molar refractivity (Wildman–Crippen MR) is 155 cm³/mol. The van der Waals surface area contributed by atoms with Crippen molar-refractivity contribution in [1.29, 1.82) is 0 Å². The van der Waals surface area contributed by atoms with Crippen molar-refractivity contribution in [1.82, 2.24) is 5.01 Å². The standard InChI is InChI=1S/C32H28ClFN2O5/c1-4-20-6-16-26-30(38)36(35-24-13-11-23(34)12-14-24)31(39)32(26,21-7-9-22(33)10-8-21)25(20)15-5-19-17-27(40-2)29(37)28(18-19)41-3/h4-15,17-18,25-26,35,37H,1,16H2,2-3H3/t25-,26-,32-/m0/s1. The number of ether oxygens (including phenoxy) is 2. The molecule has 210 valence electrons. The summed E-state index contributed by atoms with van der Waals surface area (Å²) < 4.78 is 24.1. The zero-order valence-electron chi connectivity index (χ0n) is 22.4. The van der Waals surface area contributed by atoms with Gasteiger partial charge in [0.15, 0.2) is 11.5 Å². The van der Waals surface area contributed by atoms with Crippen molar-refractivity contribution >= 4 is 35.2 Å². The average molecular weight is 575 g/mol. The number of amides is 2. The molecule has 0 saturated carbocycles. The van der Waals surface area contributed by atoms with Crippen LogP contribution in [0.2, 0.25) is 5.02 Å². The summed E-state index contributed by atoms with van der Waals surface area (Å²) in [4.78, 5) is 28.4. The first-order valence-corrected chi connectivity index (χ1v) is 13.2. The van der Waals surface area contributed by atoms with Gasteiger partial charge >= 0.3 is 0 Å². The van der Waals surface area contributed by atoms with Gasteiger partial charge in [0.25, 0.3) is 11.8 Å². The molecule has 1 fully saturated rings. The third kappa shape index (κ3) is 4.74. The lowest BCUT2D eigenvalue weighted by Crippen LogP contribution is -2.49. The SMILES string of the molecule is C=CC1=CC[C@H]2C(=O)N(Nc3ccc(F)cc3)C(=O)[C@@]2(c2ccc(Cl)cc2)[C@H]1C=Cc1cc(OC)c(O)c(OC)c1. The summed E-state index contributed by atoms with van der Waals surface area (Å²) in [6.07, 6.45) is 7.56. The number of aromatic hydroxyl groups is 1. The van der Waals surface area contributed by atoms with Crippen molar-refractivity contribution in [2.45, 2.75) is 11.8 Å². The van der Waals surface area contributed by atoms with E-state index in [1.807, 2.05) is 12.2 Å². The molecule has 2 aliphatic rings. The van der Waals surface area contributed by atoms with Gasteiger partial charge in [-0.15, -0.1) is 0 Å². The number of hydrazine groups is 1. The van der Waals surface area contributed by atoms with Crippen LogP contribution in [0.4, 0.5) is 10.1 Å². The molecule has 2 amide bonds. The lowest BCUT2D eigenvalue weighted by Gasteiger charge is -2.41. The van der Waals surface area contributed by atoms with Crippen molar-refractivity contribution in [2.75, 3.05) is 19.6 Å². The van der Waals surface area contributed by atoms with E-state index in [-0.39, 0.29) is 17.2 Å². The fourth-order valence-corrected chi connectivity index (χ4v) is 5.87. The summed E-state index contributed by atoms with van der Waals surface area (Å²) in [5, 5.41) is 11.9. The Balaban J connectivity index is 1.66. The zero-order valence-corrected chi connectivity index (χ0v) is 23.2. The number of nitrogens with one attached hydrogen (secondary N) is 1. The van der Waals surface area contributed by atoms with E-state index in [0.717, 1.165) is 10.6 Å². The number of nitrogens with zero attached hydrogens (tertiary/aromatic N) is 1. The third-order valence-electron chi connectivity index (χ3n) is 7.69. The number of carbonyl (C=O) groups excluding carboxylic acids is 2. The number of phenols is 1. The van der Waals surface area contributed by atoms with Crippen molar-refractivity contribution < 1.29 is 28.6 Å². The molecule has 3 atom stereocenters. The van der Waals surface area contributed by atoms with E-state index in [1.165, 1.54) is 38.5 Å². The van der Waals surface area contributed by atoms with E-state index in [0.29, 0.717) is 28.3 Å². The number of hydrogen-bond donors (Lipinski definition) is 2. The molecule has 3 aromatic carbocycles. The number of methoxy groups -OCH3 is 2. The fraction of sp³-hybridized carbons (Fsp3) is 0.188. The molecule has 41 heavy (non-hydrogen) atoms. The number of halogens is 2. The maximum Gasteiger partial charge on any atom is 0.260 e. The van der Waals surface area contributed by atoms with Gasteiger partial charge in [-0.25, -0.2) is 4.39 Å². The van der Waals surface area contributed by atoms with E-state index in [9.17, 15) is 19.1 Å². The molecule has 0 unspecified atom stereocenters. The summed E-state index contributed by atoms with van der Waals surface area (Å²) >= 11 is 6.22. The number of hydrogen-bond acceptors (Lipinski definition) is 6. The number of imide groups is 1. The number of phenolic OH excluding ortho intramolecular Hbond substituents is 1. The van der Waals surface area contributed by atoms with Gasteiger partial charge in [-0.2, -0.15) is 5.01 Å². The van der Waals surface area contributed by atoms with Crippen molar-refractivity contribution in [2.24, 2.45) is 11.8 Å². The van der Waals surface area contributed by atoms with Crippen LogP contribution in [0.25, 0.3) is 6.08 Å². The van der Waals surface area contributed by atoms with Crippen LogP contribution in [0.3, 0.4) is 0 Å². The van der Waals surface area contributed by atoms with Crippen LogP contribution in [0.5, 0.6) is 17.2 Å². The number of carbonyl (C=O) groups is 2. The highest BCUT2D eigenvalue weighted by atomic mass is 35.5. The Hall–Kier alpha value is -4.56. The van der Waals surface area contributed by atoms with Gasteiger partial charge in [-0.3, -0.25) is 15.0 Å². The highest BCUT2D eigenvalue weighted by Gasteiger charge is 2.65. The maximum atomic E-state index is 14.5. The molecule has 0 bridgehead atoms. The van der Waals surface area contributed by atoms with Gasteiger partial charge in [0.05, 0.1) is 31.2 Å². The molecule has 0 spiro atoms. The Kier molecular flexibility index (Phi) is 7.60. The van der Waals surface area contributed by atoms with Crippen molar-refractivity contribution in [3.63, 3.8) is 0 Å². The highest BCUT2D eigenvalue weighted by Crippen LogP contribution is 2.54. The van der Waals surface area contributed by atoms with E-state index in [1.54, 1.807) is 48.6 Å². The first-order valence-electron chi connectivity index (χ1n) is 12.9. The number of rotatable bonds is 8. The van der Waals surface area contributed by atoms with E-state index < -0.39 is 34.9 Å². The Morgan fingerprint density at radius 2 is 1.71 bits per heavy atom. The summed E-state index contributed by atoms with van der Waals surface area (Å²) in [5.74, 6) is -2.34. The largest absolute Gasteiger partial charge is 0.502 e. The van der Waals surface area contributed by atoms with Crippen LogP contribution >= 0.6 is 11.6 Å². The molecule has 3 aromatic rings. The molecule has 9 heteroatoms. The predicted octanol–water partition coefficient (Wildman–Crippen LogP) is 6.30. The number of allylic oxidation sites excluding steroid dienone is 4. The molecule has 0 aromatic heterocycles. The average Bonchev–Trinajstić information content (AvgIpc) is 3.20. The Labute approximate surface area is 242 Å². The first kappa shape index (κ1) is 28.0. The molecule has 1 heterocycles. The number of anilines is 1. The second kappa shape index (κ2) is 11.1. The van der Waals surface area contributed by atoms with Gasteiger partial charge in [-0.05, 0) is 71.7 Å². The normalized spacial score (nSPS) is 22.0. The zero-order chi connectivity index (χ0) is 29.3. The molecule has 1 saturated heterocycles. The monoisotopic (exact) mass is 574 g/mol. The lowest BCUT2D eigenvalue weighted by molar-refractivity contribution is -0.138. The highest BCUT2D eigenvalue weighted by molar-refractivity contribution is 6.30. The van der Waals surface area contributed by atoms with E-state index in [4.69, 9.17) is 21.1 Å². The van der Waals surface area contributed by atoms with Crippen LogP contribution in [0, 0.1) is 17.7 Å². The van der Waals surface area contributed by atoms with Crippen molar-refractivity contribution in [3.05, 3.63) is 113 Å². The van der Waals surface area contributed by atoms with Crippen LogP contribution in [-0.4, -0.2) is 36.1 Å². The fourth-order valence-electron chi connectivity index (χ4n) is 5.74. The summed E-state index contributed by atoms with van der Waals surface area (Å²) in [7, 11) is 2.88. The molecule has 1 aliphatic carbocycles. The summed E-state index contributed by atoms with van der Waals surface area (Å²) in [6, 6.07) is 15.6. The molecule has 7 nitrogen and oxygen atoms in total. The number of fused-ring (bicyclic) bond motifs is 1. The molecule has 5 rings (SSSR count). The van der Waals surface area contributed by atoms with Crippen molar-refractivity contribution in [3.8, 4) is 17.2 Å². The second-order valence-corrected chi connectivity index (χ2v) is 10.2. The van der Waals surface area contributed by atoms with Gasteiger partial charge in [0.1, 0.15) is 5.82 Å². The Morgan fingerprint density at radius 1 is 1.07 bits per heavy atom. The minimum Gasteiger partial charge on any atom is -0.502 e. The Bertz CT molecular complexity index is 1540. The molecular formula is C32H28ClFN2O5. The lowest BCUT2D eigenvalue weighted by atomic mass is 9.57. The van der Waals surface area contributed by atoms with Gasteiger partial charge in [-0.1, -0.05) is 54.6 Å². The second-order valence-electron chi connectivity index (χ2n) is 9.78. The summed E-state index contributed by atoms with van der Waals surface area (Å²) in [6.45, 7) is 3.99.